The Labute approximate surface area is 136 Å². The number of benzene rings is 1. The van der Waals surface area contributed by atoms with Gasteiger partial charge in [0.1, 0.15) is 5.75 Å². The summed E-state index contributed by atoms with van der Waals surface area (Å²) in [5.41, 5.74) is 0.901. The summed E-state index contributed by atoms with van der Waals surface area (Å²) in [5, 5.41) is 0. The van der Waals surface area contributed by atoms with Crippen molar-refractivity contribution in [2.45, 2.75) is 12.5 Å². The molecular formula is C17H24N2O4. The van der Waals surface area contributed by atoms with E-state index in [2.05, 4.69) is 4.90 Å². The number of ether oxygens (including phenoxy) is 3. The van der Waals surface area contributed by atoms with Gasteiger partial charge in [-0.2, -0.15) is 0 Å². The molecule has 6 nitrogen and oxygen atoms in total. The molecule has 2 heterocycles. The van der Waals surface area contributed by atoms with Gasteiger partial charge in [-0.25, -0.2) is 0 Å². The molecule has 2 aliphatic rings. The SMILES string of the molecule is COc1cccc(N2CCN(CCC3COCCO3)CC2=O)c1. The number of anilines is 1. The minimum Gasteiger partial charge on any atom is -0.497 e. The van der Waals surface area contributed by atoms with Crippen LogP contribution in [0.1, 0.15) is 6.42 Å². The number of amides is 1. The molecule has 2 aliphatic heterocycles. The molecule has 6 heteroatoms. The maximum absolute atomic E-state index is 12.4. The van der Waals surface area contributed by atoms with Gasteiger partial charge in [-0.1, -0.05) is 6.07 Å². The van der Waals surface area contributed by atoms with Crippen LogP contribution in [-0.2, 0) is 14.3 Å². The van der Waals surface area contributed by atoms with E-state index < -0.39 is 0 Å². The van der Waals surface area contributed by atoms with Crippen molar-refractivity contribution in [2.24, 2.45) is 0 Å². The predicted molar refractivity (Wildman–Crippen MR) is 87.0 cm³/mol. The molecule has 3 rings (SSSR count). The zero-order valence-corrected chi connectivity index (χ0v) is 13.6. The fourth-order valence-corrected chi connectivity index (χ4v) is 2.99. The van der Waals surface area contributed by atoms with Crippen LogP contribution in [0.15, 0.2) is 24.3 Å². The molecular weight excluding hydrogens is 296 g/mol. The van der Waals surface area contributed by atoms with Crippen molar-refractivity contribution < 1.29 is 19.0 Å². The number of carbonyl (C=O) groups excluding carboxylic acids is 1. The van der Waals surface area contributed by atoms with Crippen LogP contribution in [0.2, 0.25) is 0 Å². The molecule has 2 saturated heterocycles. The monoisotopic (exact) mass is 320 g/mol. The Kier molecular flexibility index (Phi) is 5.48. The molecule has 1 atom stereocenters. The van der Waals surface area contributed by atoms with Gasteiger partial charge in [-0.15, -0.1) is 0 Å². The number of nitrogens with zero attached hydrogens (tertiary/aromatic N) is 2. The predicted octanol–water partition coefficient (Wildman–Crippen LogP) is 1.15. The Morgan fingerprint density at radius 2 is 2.22 bits per heavy atom. The first kappa shape index (κ1) is 16.2. The van der Waals surface area contributed by atoms with Gasteiger partial charge < -0.3 is 19.1 Å². The third-order valence-electron chi connectivity index (χ3n) is 4.32. The lowest BCUT2D eigenvalue weighted by atomic mass is 10.2. The van der Waals surface area contributed by atoms with Gasteiger partial charge in [0.2, 0.25) is 5.91 Å². The number of piperazine rings is 1. The van der Waals surface area contributed by atoms with Gasteiger partial charge in [-0.05, 0) is 18.6 Å². The fraction of sp³-hybridized carbons (Fsp3) is 0.588. The molecule has 0 bridgehead atoms. The second kappa shape index (κ2) is 7.77. The van der Waals surface area contributed by atoms with Crippen molar-refractivity contribution >= 4 is 11.6 Å². The summed E-state index contributed by atoms with van der Waals surface area (Å²) in [4.78, 5) is 16.5. The lowest BCUT2D eigenvalue weighted by molar-refractivity contribution is -0.122. The molecule has 1 unspecified atom stereocenters. The van der Waals surface area contributed by atoms with E-state index in [1.54, 1.807) is 7.11 Å². The van der Waals surface area contributed by atoms with Crippen LogP contribution >= 0.6 is 0 Å². The Balaban J connectivity index is 1.51. The van der Waals surface area contributed by atoms with Crippen molar-refractivity contribution in [3.63, 3.8) is 0 Å². The molecule has 0 aromatic heterocycles. The maximum atomic E-state index is 12.4. The van der Waals surface area contributed by atoms with Crippen molar-refractivity contribution in [1.29, 1.82) is 0 Å². The molecule has 0 N–H and O–H groups in total. The summed E-state index contributed by atoms with van der Waals surface area (Å²) < 4.78 is 16.3. The van der Waals surface area contributed by atoms with Crippen molar-refractivity contribution in [3.8, 4) is 5.75 Å². The molecule has 23 heavy (non-hydrogen) atoms. The molecule has 0 saturated carbocycles. The maximum Gasteiger partial charge on any atom is 0.241 e. The van der Waals surface area contributed by atoms with Crippen LogP contribution in [-0.4, -0.2) is 70.0 Å². The number of hydrogen-bond donors (Lipinski definition) is 0. The highest BCUT2D eigenvalue weighted by molar-refractivity contribution is 5.95. The summed E-state index contributed by atoms with van der Waals surface area (Å²) in [6.07, 6.45) is 1.07. The normalized spacial score (nSPS) is 23.1. The first-order valence-corrected chi connectivity index (χ1v) is 8.12. The zero-order chi connectivity index (χ0) is 16.1. The summed E-state index contributed by atoms with van der Waals surface area (Å²) in [5.74, 6) is 0.900. The molecule has 1 aromatic rings. The van der Waals surface area contributed by atoms with E-state index in [4.69, 9.17) is 14.2 Å². The molecule has 2 fully saturated rings. The Hall–Kier alpha value is -1.63. The molecule has 0 aliphatic carbocycles. The van der Waals surface area contributed by atoms with Gasteiger partial charge in [0.15, 0.2) is 0 Å². The Morgan fingerprint density at radius 3 is 2.96 bits per heavy atom. The van der Waals surface area contributed by atoms with Crippen LogP contribution in [0.5, 0.6) is 5.75 Å². The minimum atomic E-state index is 0.130. The quantitative estimate of drug-likeness (QED) is 0.814. The molecule has 1 amide bonds. The van der Waals surface area contributed by atoms with Crippen LogP contribution in [0.4, 0.5) is 5.69 Å². The summed E-state index contributed by atoms with van der Waals surface area (Å²) in [7, 11) is 1.63. The standard InChI is InChI=1S/C17H24N2O4/c1-21-15-4-2-3-14(11-15)19-8-7-18(12-17(19)20)6-5-16-13-22-9-10-23-16/h2-4,11,16H,5-10,12-13H2,1H3. The van der Waals surface area contributed by atoms with Gasteiger partial charge in [0.05, 0.1) is 39.6 Å². The van der Waals surface area contributed by atoms with Crippen molar-refractivity contribution in [1.82, 2.24) is 4.90 Å². The van der Waals surface area contributed by atoms with E-state index in [9.17, 15) is 4.79 Å². The van der Waals surface area contributed by atoms with E-state index in [-0.39, 0.29) is 12.0 Å². The fourth-order valence-electron chi connectivity index (χ4n) is 2.99. The molecule has 1 aromatic carbocycles. The highest BCUT2D eigenvalue weighted by Gasteiger charge is 2.26. The van der Waals surface area contributed by atoms with Gasteiger partial charge in [-0.3, -0.25) is 9.69 Å². The van der Waals surface area contributed by atoms with Crippen LogP contribution in [0.25, 0.3) is 0 Å². The van der Waals surface area contributed by atoms with E-state index in [0.717, 1.165) is 30.9 Å². The van der Waals surface area contributed by atoms with Crippen molar-refractivity contribution in [2.75, 3.05) is 58.0 Å². The average Bonchev–Trinajstić information content (AvgIpc) is 2.61. The summed E-state index contributed by atoms with van der Waals surface area (Å²) in [6.45, 7) is 4.92. The largest absolute Gasteiger partial charge is 0.497 e. The van der Waals surface area contributed by atoms with Gasteiger partial charge >= 0.3 is 0 Å². The lowest BCUT2D eigenvalue weighted by Crippen LogP contribution is -2.51. The first-order valence-electron chi connectivity index (χ1n) is 8.12. The van der Waals surface area contributed by atoms with Gasteiger partial charge in [0.25, 0.3) is 0 Å². The first-order chi connectivity index (χ1) is 11.3. The third-order valence-corrected chi connectivity index (χ3v) is 4.32. The highest BCUT2D eigenvalue weighted by atomic mass is 16.6. The molecule has 0 radical (unpaired) electrons. The van der Waals surface area contributed by atoms with E-state index >= 15 is 0 Å². The number of hydrogen-bond acceptors (Lipinski definition) is 5. The molecule has 0 spiro atoms. The van der Waals surface area contributed by atoms with Crippen LogP contribution in [0.3, 0.4) is 0 Å². The van der Waals surface area contributed by atoms with E-state index in [0.29, 0.717) is 32.9 Å². The highest BCUT2D eigenvalue weighted by Crippen LogP contribution is 2.22. The minimum absolute atomic E-state index is 0.130. The lowest BCUT2D eigenvalue weighted by Gasteiger charge is -2.35. The Morgan fingerprint density at radius 1 is 1.30 bits per heavy atom. The number of carbonyl (C=O) groups is 1. The summed E-state index contributed by atoms with van der Waals surface area (Å²) >= 11 is 0. The van der Waals surface area contributed by atoms with Gasteiger partial charge in [0, 0.05) is 31.4 Å². The second-order valence-corrected chi connectivity index (χ2v) is 5.88. The molecule has 126 valence electrons. The van der Waals surface area contributed by atoms with Crippen molar-refractivity contribution in [3.05, 3.63) is 24.3 Å². The average molecular weight is 320 g/mol. The third kappa shape index (κ3) is 4.22. The second-order valence-electron chi connectivity index (χ2n) is 5.88. The summed E-state index contributed by atoms with van der Waals surface area (Å²) in [6, 6.07) is 7.65. The zero-order valence-electron chi connectivity index (χ0n) is 13.6. The van der Waals surface area contributed by atoms with E-state index in [1.165, 1.54) is 0 Å². The van der Waals surface area contributed by atoms with Crippen LogP contribution in [0, 0.1) is 0 Å². The topological polar surface area (TPSA) is 51.2 Å². The number of rotatable bonds is 5. The van der Waals surface area contributed by atoms with Crippen LogP contribution < -0.4 is 9.64 Å². The smallest absolute Gasteiger partial charge is 0.241 e. The Bertz CT molecular complexity index is 531. The van der Waals surface area contributed by atoms with E-state index in [1.807, 2.05) is 29.2 Å². The number of methoxy groups -OCH3 is 1.